The van der Waals surface area contributed by atoms with Gasteiger partial charge >= 0.3 is 0 Å². The Kier molecular flexibility index (Phi) is 2.08. The highest BCUT2D eigenvalue weighted by Gasteiger charge is 2.40. The molecule has 2 aliphatic rings. The Labute approximate surface area is 89.9 Å². The largest absolute Gasteiger partial charge is 0.385 e. The Morgan fingerprint density at radius 3 is 3.00 bits per heavy atom. The first kappa shape index (κ1) is 9.37. The van der Waals surface area contributed by atoms with Crippen LogP contribution in [0.3, 0.4) is 0 Å². The fraction of sp³-hybridized carbons (Fsp3) is 0.538. The number of ether oxygens (including phenoxy) is 1. The van der Waals surface area contributed by atoms with E-state index in [-0.39, 0.29) is 0 Å². The molecule has 0 spiro atoms. The van der Waals surface area contributed by atoms with E-state index < -0.39 is 5.60 Å². The third kappa shape index (κ3) is 1.68. The van der Waals surface area contributed by atoms with Crippen molar-refractivity contribution < 1.29 is 9.84 Å². The van der Waals surface area contributed by atoms with Gasteiger partial charge in [-0.2, -0.15) is 0 Å². The van der Waals surface area contributed by atoms with Gasteiger partial charge in [-0.1, -0.05) is 24.3 Å². The molecular formula is C13H16O2. The molecule has 2 atom stereocenters. The Balaban J connectivity index is 1.96. The van der Waals surface area contributed by atoms with Crippen LogP contribution in [0.5, 0.6) is 0 Å². The van der Waals surface area contributed by atoms with Gasteiger partial charge in [0.2, 0.25) is 0 Å². The Bertz CT molecular complexity index is 371. The van der Waals surface area contributed by atoms with Gasteiger partial charge in [0.25, 0.3) is 0 Å². The molecule has 1 aromatic rings. The molecule has 1 aromatic carbocycles. The van der Waals surface area contributed by atoms with Gasteiger partial charge < -0.3 is 9.84 Å². The normalized spacial score (nSPS) is 33.5. The predicted octanol–water partition coefficient (Wildman–Crippen LogP) is 2.00. The van der Waals surface area contributed by atoms with E-state index in [9.17, 15) is 5.11 Å². The first-order valence-corrected chi connectivity index (χ1v) is 5.70. The maximum atomic E-state index is 10.7. The minimum Gasteiger partial charge on any atom is -0.385 e. The molecule has 1 aliphatic carbocycles. The topological polar surface area (TPSA) is 32.8 Å². The summed E-state index contributed by atoms with van der Waals surface area (Å²) < 4.78 is 5.23. The highest BCUT2D eigenvalue weighted by molar-refractivity contribution is 5.34. The maximum Gasteiger partial charge on any atom is 0.0924 e. The molecule has 0 saturated carbocycles. The van der Waals surface area contributed by atoms with E-state index in [4.69, 9.17) is 4.74 Å². The summed E-state index contributed by atoms with van der Waals surface area (Å²) in [6.07, 6.45) is 4.12. The van der Waals surface area contributed by atoms with Gasteiger partial charge in [-0.15, -0.1) is 0 Å². The van der Waals surface area contributed by atoms with Gasteiger partial charge in [0, 0.05) is 6.42 Å². The molecule has 15 heavy (non-hydrogen) atoms. The van der Waals surface area contributed by atoms with Crippen molar-refractivity contribution >= 4 is 0 Å². The second kappa shape index (κ2) is 3.32. The van der Waals surface area contributed by atoms with Crippen LogP contribution in [0.1, 0.15) is 30.4 Å². The van der Waals surface area contributed by atoms with Crippen LogP contribution < -0.4 is 0 Å². The Hall–Kier alpha value is -0.860. The highest BCUT2D eigenvalue weighted by atomic mass is 16.6. The van der Waals surface area contributed by atoms with Crippen LogP contribution in [-0.2, 0) is 16.8 Å². The highest BCUT2D eigenvalue weighted by Crippen LogP contribution is 2.40. The molecule has 0 radical (unpaired) electrons. The molecule has 0 amide bonds. The summed E-state index contributed by atoms with van der Waals surface area (Å²) in [5.41, 5.74) is 1.81. The molecule has 1 saturated heterocycles. The molecule has 1 fully saturated rings. The average Bonchev–Trinajstić information content (AvgIpc) is 3.02. The van der Waals surface area contributed by atoms with Gasteiger partial charge in [-0.05, 0) is 30.4 Å². The first-order valence-electron chi connectivity index (χ1n) is 5.70. The van der Waals surface area contributed by atoms with E-state index in [0.717, 1.165) is 37.9 Å². The number of benzene rings is 1. The van der Waals surface area contributed by atoms with Gasteiger partial charge in [0.1, 0.15) is 0 Å². The summed E-state index contributed by atoms with van der Waals surface area (Å²) in [5.74, 6) is 0. The first-order chi connectivity index (χ1) is 7.28. The number of epoxide rings is 1. The summed E-state index contributed by atoms with van der Waals surface area (Å²) in [5, 5.41) is 10.7. The second-order valence-corrected chi connectivity index (χ2v) is 4.70. The minimum atomic E-state index is -0.629. The third-order valence-corrected chi connectivity index (χ3v) is 3.52. The fourth-order valence-electron chi connectivity index (χ4n) is 2.67. The quantitative estimate of drug-likeness (QED) is 0.747. The molecular weight excluding hydrogens is 188 g/mol. The van der Waals surface area contributed by atoms with Gasteiger partial charge in [-0.3, -0.25) is 0 Å². The van der Waals surface area contributed by atoms with E-state index in [2.05, 4.69) is 18.2 Å². The molecule has 2 unspecified atom stereocenters. The van der Waals surface area contributed by atoms with Crippen LogP contribution >= 0.6 is 0 Å². The lowest BCUT2D eigenvalue weighted by Crippen LogP contribution is -2.32. The van der Waals surface area contributed by atoms with Crippen LogP contribution in [-0.4, -0.2) is 17.8 Å². The van der Waals surface area contributed by atoms with Crippen LogP contribution in [0.25, 0.3) is 0 Å². The number of fused-ring (bicyclic) bond motifs is 1. The van der Waals surface area contributed by atoms with Crippen molar-refractivity contribution in [1.82, 2.24) is 0 Å². The van der Waals surface area contributed by atoms with Crippen molar-refractivity contribution in [3.63, 3.8) is 0 Å². The summed E-state index contributed by atoms with van der Waals surface area (Å²) in [4.78, 5) is 0. The summed E-state index contributed by atoms with van der Waals surface area (Å²) in [6.45, 7) is 0.824. The summed E-state index contributed by atoms with van der Waals surface area (Å²) in [7, 11) is 0. The van der Waals surface area contributed by atoms with Crippen molar-refractivity contribution in [1.29, 1.82) is 0 Å². The Morgan fingerprint density at radius 1 is 1.40 bits per heavy atom. The molecule has 2 heteroatoms. The molecule has 1 aliphatic heterocycles. The van der Waals surface area contributed by atoms with E-state index in [1.165, 1.54) is 5.56 Å². The maximum absolute atomic E-state index is 10.7. The molecule has 3 rings (SSSR count). The van der Waals surface area contributed by atoms with Crippen molar-refractivity contribution in [3.8, 4) is 0 Å². The van der Waals surface area contributed by atoms with E-state index in [1.54, 1.807) is 0 Å². The van der Waals surface area contributed by atoms with Crippen LogP contribution in [0.15, 0.2) is 24.3 Å². The molecule has 0 aromatic heterocycles. The number of hydrogen-bond donors (Lipinski definition) is 1. The standard InChI is InChI=1S/C13H16O2/c14-13(8-11-9-15-11)7-3-5-10-4-1-2-6-12(10)13/h1-2,4,6,11,14H,3,5,7-9H2. The lowest BCUT2D eigenvalue weighted by Gasteiger charge is -2.34. The molecule has 80 valence electrons. The zero-order valence-corrected chi connectivity index (χ0v) is 8.78. The average molecular weight is 204 g/mol. The van der Waals surface area contributed by atoms with Gasteiger partial charge in [-0.25, -0.2) is 0 Å². The van der Waals surface area contributed by atoms with Crippen molar-refractivity contribution in [2.75, 3.05) is 6.61 Å². The number of hydrogen-bond acceptors (Lipinski definition) is 2. The van der Waals surface area contributed by atoms with Gasteiger partial charge in [0.15, 0.2) is 0 Å². The lowest BCUT2D eigenvalue weighted by atomic mass is 9.77. The van der Waals surface area contributed by atoms with Crippen LogP contribution in [0, 0.1) is 0 Å². The van der Waals surface area contributed by atoms with Crippen molar-refractivity contribution in [2.24, 2.45) is 0 Å². The number of rotatable bonds is 2. The fourth-order valence-corrected chi connectivity index (χ4v) is 2.67. The van der Waals surface area contributed by atoms with Crippen LogP contribution in [0.4, 0.5) is 0 Å². The molecule has 1 N–H and O–H groups in total. The van der Waals surface area contributed by atoms with Crippen molar-refractivity contribution in [3.05, 3.63) is 35.4 Å². The van der Waals surface area contributed by atoms with E-state index in [0.29, 0.717) is 6.10 Å². The number of aliphatic hydroxyl groups is 1. The van der Waals surface area contributed by atoms with Crippen LogP contribution in [0.2, 0.25) is 0 Å². The van der Waals surface area contributed by atoms with E-state index >= 15 is 0 Å². The molecule has 1 heterocycles. The lowest BCUT2D eigenvalue weighted by molar-refractivity contribution is 0.00339. The number of aryl methyl sites for hydroxylation is 1. The summed E-state index contributed by atoms with van der Waals surface area (Å²) in [6, 6.07) is 8.27. The van der Waals surface area contributed by atoms with E-state index in [1.807, 2.05) is 6.07 Å². The molecule has 0 bridgehead atoms. The second-order valence-electron chi connectivity index (χ2n) is 4.70. The predicted molar refractivity (Wildman–Crippen MR) is 57.6 cm³/mol. The zero-order valence-electron chi connectivity index (χ0n) is 8.78. The SMILES string of the molecule is OC1(CC2CO2)CCCc2ccccc21. The smallest absolute Gasteiger partial charge is 0.0924 e. The molecule has 2 nitrogen and oxygen atoms in total. The zero-order chi connectivity index (χ0) is 10.3. The summed E-state index contributed by atoms with van der Waals surface area (Å²) >= 11 is 0. The van der Waals surface area contributed by atoms with Crippen molar-refractivity contribution in [2.45, 2.75) is 37.4 Å². The van der Waals surface area contributed by atoms with Gasteiger partial charge in [0.05, 0.1) is 18.3 Å². The monoisotopic (exact) mass is 204 g/mol. The Morgan fingerprint density at radius 2 is 2.20 bits per heavy atom. The third-order valence-electron chi connectivity index (χ3n) is 3.52. The minimum absolute atomic E-state index is 0.293.